The smallest absolute Gasteiger partial charge is 0.306 e. The summed E-state index contributed by atoms with van der Waals surface area (Å²) in [4.78, 5) is 37.9. The lowest BCUT2D eigenvalue weighted by molar-refractivity contribution is -0.142. The van der Waals surface area contributed by atoms with Crippen molar-refractivity contribution in [2.45, 2.75) is 44.6 Å². The van der Waals surface area contributed by atoms with Crippen LogP contribution < -0.4 is 9.46 Å². The summed E-state index contributed by atoms with van der Waals surface area (Å²) >= 11 is 0. The maximum Gasteiger partial charge on any atom is 0.306 e. The molecule has 12 heteroatoms. The molecule has 1 aromatic heterocycles. The van der Waals surface area contributed by atoms with Crippen LogP contribution in [0, 0.1) is 19.8 Å². The number of benzene rings is 2. The van der Waals surface area contributed by atoms with Crippen LogP contribution in [0.1, 0.15) is 41.3 Å². The van der Waals surface area contributed by atoms with Crippen LogP contribution in [0.2, 0.25) is 0 Å². The molecule has 2 aliphatic heterocycles. The molecule has 11 nitrogen and oxygen atoms in total. The van der Waals surface area contributed by atoms with Crippen LogP contribution in [-0.4, -0.2) is 84.0 Å². The lowest BCUT2D eigenvalue weighted by atomic mass is 10.00. The van der Waals surface area contributed by atoms with Crippen molar-refractivity contribution in [2.24, 2.45) is 5.92 Å². The standard InChI is InChI=1S/C30H35N5O6S/c1-4-21(29(37)38)11-12-34-13-14-35-18-23(17-34)41-26-16-25(27-19(2)7-5-8-20(27)3)31-30(32-26)33-42(39,40)24-10-6-9-22(15-24)28(35)36/h5-10,15-16,21,23H,4,11-14,17-18H2,1-3H3,(H,37,38)(H,31,32,33)/t21?,23-/m1/s1. The van der Waals surface area contributed by atoms with Gasteiger partial charge < -0.3 is 14.7 Å². The Morgan fingerprint density at radius 2 is 1.83 bits per heavy atom. The van der Waals surface area contributed by atoms with Gasteiger partial charge in [-0.3, -0.25) is 14.5 Å². The van der Waals surface area contributed by atoms with E-state index in [1.54, 1.807) is 17.0 Å². The summed E-state index contributed by atoms with van der Waals surface area (Å²) in [6.45, 7) is 7.87. The third-order valence-corrected chi connectivity index (χ3v) is 9.17. The van der Waals surface area contributed by atoms with E-state index in [4.69, 9.17) is 4.74 Å². The largest absolute Gasteiger partial charge is 0.481 e. The molecule has 1 saturated heterocycles. The topological polar surface area (TPSA) is 142 Å². The van der Waals surface area contributed by atoms with Crippen molar-refractivity contribution in [1.29, 1.82) is 0 Å². The Morgan fingerprint density at radius 1 is 1.10 bits per heavy atom. The van der Waals surface area contributed by atoms with Crippen molar-refractivity contribution in [3.8, 4) is 17.1 Å². The number of sulfonamides is 1. The number of aliphatic carboxylic acids is 1. The molecule has 6 bridgehead atoms. The molecule has 0 saturated carbocycles. The summed E-state index contributed by atoms with van der Waals surface area (Å²) < 4.78 is 35.7. The Bertz CT molecular complexity index is 1590. The average Bonchev–Trinajstić information content (AvgIpc) is 3.14. The fourth-order valence-electron chi connectivity index (χ4n) is 5.55. The van der Waals surface area contributed by atoms with E-state index in [1.807, 2.05) is 39.0 Å². The Morgan fingerprint density at radius 3 is 2.55 bits per heavy atom. The molecule has 3 aromatic rings. The van der Waals surface area contributed by atoms with E-state index >= 15 is 0 Å². The Labute approximate surface area is 245 Å². The maximum absolute atomic E-state index is 13.6. The molecule has 1 amide bonds. The fourth-order valence-corrected chi connectivity index (χ4v) is 6.53. The van der Waals surface area contributed by atoms with Crippen molar-refractivity contribution in [2.75, 3.05) is 37.4 Å². The molecular weight excluding hydrogens is 558 g/mol. The van der Waals surface area contributed by atoms with Gasteiger partial charge in [-0.2, -0.15) is 4.98 Å². The zero-order valence-corrected chi connectivity index (χ0v) is 24.7. The summed E-state index contributed by atoms with van der Waals surface area (Å²) in [6, 6.07) is 13.4. The minimum atomic E-state index is -4.12. The van der Waals surface area contributed by atoms with Crippen LogP contribution in [0.4, 0.5) is 5.95 Å². The number of carbonyl (C=O) groups is 2. The van der Waals surface area contributed by atoms with Gasteiger partial charge in [0.1, 0.15) is 6.10 Å². The number of carbonyl (C=O) groups excluding carboxylic acids is 1. The van der Waals surface area contributed by atoms with Crippen molar-refractivity contribution in [1.82, 2.24) is 19.8 Å². The molecule has 0 aliphatic carbocycles. The van der Waals surface area contributed by atoms with Crippen molar-refractivity contribution >= 4 is 27.8 Å². The van der Waals surface area contributed by atoms with Gasteiger partial charge in [0, 0.05) is 36.8 Å². The van der Waals surface area contributed by atoms with E-state index in [2.05, 4.69) is 19.6 Å². The number of carboxylic acids is 1. The second-order valence-corrected chi connectivity index (χ2v) is 12.5. The van der Waals surface area contributed by atoms with Gasteiger partial charge in [0.15, 0.2) is 0 Å². The van der Waals surface area contributed by atoms with E-state index in [0.717, 1.165) is 16.7 Å². The molecule has 1 fully saturated rings. The van der Waals surface area contributed by atoms with E-state index < -0.39 is 28.0 Å². The molecule has 42 heavy (non-hydrogen) atoms. The maximum atomic E-state index is 13.6. The zero-order valence-electron chi connectivity index (χ0n) is 23.9. The lowest BCUT2D eigenvalue weighted by Crippen LogP contribution is -2.40. The Hall–Kier alpha value is -4.03. The summed E-state index contributed by atoms with van der Waals surface area (Å²) in [5, 5.41) is 9.54. The van der Waals surface area contributed by atoms with E-state index in [1.165, 1.54) is 18.2 Å². The number of aryl methyl sites for hydroxylation is 2. The van der Waals surface area contributed by atoms with Gasteiger partial charge in [-0.25, -0.2) is 18.1 Å². The predicted molar refractivity (Wildman–Crippen MR) is 157 cm³/mol. The van der Waals surface area contributed by atoms with Gasteiger partial charge in [-0.15, -0.1) is 0 Å². The molecule has 5 rings (SSSR count). The minimum absolute atomic E-state index is 0.0802. The molecule has 2 aliphatic rings. The van der Waals surface area contributed by atoms with Gasteiger partial charge in [-0.05, 0) is 62.6 Å². The molecule has 2 aromatic carbocycles. The minimum Gasteiger partial charge on any atom is -0.481 e. The quantitative estimate of drug-likeness (QED) is 0.439. The SMILES string of the molecule is CCC(CCN1CCN2C[C@@H](C1)Oc1cc(-c3c(C)cccc3C)nc(n1)NS(=O)(=O)c1cccc(c1)C2=O)C(=O)O. The van der Waals surface area contributed by atoms with Gasteiger partial charge in [-0.1, -0.05) is 31.2 Å². The van der Waals surface area contributed by atoms with Crippen LogP contribution in [0.5, 0.6) is 5.88 Å². The third kappa shape index (κ3) is 6.39. The Balaban J connectivity index is 1.58. The van der Waals surface area contributed by atoms with Crippen LogP contribution in [0.15, 0.2) is 53.4 Å². The Kier molecular flexibility index (Phi) is 8.46. The van der Waals surface area contributed by atoms with Crippen molar-refractivity contribution < 1.29 is 27.9 Å². The first-order valence-corrected chi connectivity index (χ1v) is 15.5. The van der Waals surface area contributed by atoms with Gasteiger partial charge in [0.25, 0.3) is 15.9 Å². The normalized spacial score (nSPS) is 19.3. The number of ether oxygens (including phenoxy) is 1. The number of carboxylic acid groups (broad SMARTS) is 1. The molecule has 1 unspecified atom stereocenters. The molecule has 0 spiro atoms. The number of hydrogen-bond acceptors (Lipinski definition) is 8. The van der Waals surface area contributed by atoms with E-state index in [-0.39, 0.29) is 34.7 Å². The highest BCUT2D eigenvalue weighted by molar-refractivity contribution is 7.92. The highest BCUT2D eigenvalue weighted by Crippen LogP contribution is 2.30. The predicted octanol–water partition coefficient (Wildman–Crippen LogP) is 3.58. The second kappa shape index (κ2) is 12.1. The molecule has 2 atom stereocenters. The summed E-state index contributed by atoms with van der Waals surface area (Å²) in [5.41, 5.74) is 3.50. The first-order valence-electron chi connectivity index (χ1n) is 14.0. The van der Waals surface area contributed by atoms with Crippen LogP contribution in [0.3, 0.4) is 0 Å². The highest BCUT2D eigenvalue weighted by Gasteiger charge is 2.30. The van der Waals surface area contributed by atoms with Gasteiger partial charge >= 0.3 is 5.97 Å². The number of fused-ring (bicyclic) bond motifs is 6. The van der Waals surface area contributed by atoms with Crippen LogP contribution >= 0.6 is 0 Å². The van der Waals surface area contributed by atoms with Crippen molar-refractivity contribution in [3.63, 3.8) is 0 Å². The highest BCUT2D eigenvalue weighted by atomic mass is 32.2. The molecule has 0 radical (unpaired) electrons. The third-order valence-electron chi connectivity index (χ3n) is 7.84. The number of rotatable bonds is 6. The van der Waals surface area contributed by atoms with E-state index in [0.29, 0.717) is 44.7 Å². The number of aromatic nitrogens is 2. The zero-order chi connectivity index (χ0) is 30.0. The van der Waals surface area contributed by atoms with Gasteiger partial charge in [0.05, 0.1) is 23.1 Å². The molecule has 3 heterocycles. The summed E-state index contributed by atoms with van der Waals surface area (Å²) in [7, 11) is -4.12. The monoisotopic (exact) mass is 593 g/mol. The van der Waals surface area contributed by atoms with Crippen molar-refractivity contribution in [3.05, 3.63) is 65.2 Å². The summed E-state index contributed by atoms with van der Waals surface area (Å²) in [5.74, 6) is -1.56. The molecule has 2 N–H and O–H groups in total. The van der Waals surface area contributed by atoms with Crippen LogP contribution in [0.25, 0.3) is 11.3 Å². The number of hydrogen-bond donors (Lipinski definition) is 2. The number of nitrogens with one attached hydrogen (secondary N) is 1. The first kappa shape index (κ1) is 29.5. The van der Waals surface area contributed by atoms with Crippen LogP contribution in [-0.2, 0) is 14.8 Å². The molecule has 222 valence electrons. The first-order chi connectivity index (χ1) is 20.0. The van der Waals surface area contributed by atoms with E-state index in [9.17, 15) is 23.1 Å². The number of nitrogens with zero attached hydrogens (tertiary/aromatic N) is 4. The fraction of sp³-hybridized carbons (Fsp3) is 0.400. The molecular formula is C30H35N5O6S. The number of amides is 1. The number of anilines is 1. The second-order valence-electron chi connectivity index (χ2n) is 10.8. The van der Waals surface area contributed by atoms with Gasteiger partial charge in [0.2, 0.25) is 11.8 Å². The average molecular weight is 594 g/mol. The lowest BCUT2D eigenvalue weighted by Gasteiger charge is -2.26. The summed E-state index contributed by atoms with van der Waals surface area (Å²) in [6.07, 6.45) is 0.491.